The second-order valence-corrected chi connectivity index (χ2v) is 8.96. The Morgan fingerprint density at radius 3 is 2.48 bits per heavy atom. The SMILES string of the molecule is CCCCCCCCCCCC=CC(Cc1cccc(C#N)c1)SCCC(=O)O. The van der Waals surface area contributed by atoms with E-state index in [9.17, 15) is 4.79 Å². The van der Waals surface area contributed by atoms with Crippen molar-refractivity contribution >= 4 is 17.7 Å². The van der Waals surface area contributed by atoms with Crippen molar-refractivity contribution in [3.05, 3.63) is 47.5 Å². The fraction of sp³-hybridized carbons (Fsp3) is 0.600. The van der Waals surface area contributed by atoms with Crippen molar-refractivity contribution in [2.45, 2.75) is 89.2 Å². The zero-order chi connectivity index (χ0) is 21.2. The van der Waals surface area contributed by atoms with Crippen molar-refractivity contribution < 1.29 is 9.90 Å². The van der Waals surface area contributed by atoms with Gasteiger partial charge in [0.1, 0.15) is 0 Å². The Kier molecular flexibility index (Phi) is 15.0. The smallest absolute Gasteiger partial charge is 0.304 e. The van der Waals surface area contributed by atoms with Crippen LogP contribution in [-0.2, 0) is 11.2 Å². The molecule has 0 aliphatic rings. The van der Waals surface area contributed by atoms with Gasteiger partial charge in [-0.3, -0.25) is 4.79 Å². The molecule has 3 nitrogen and oxygen atoms in total. The number of carbonyl (C=O) groups is 1. The fourth-order valence-electron chi connectivity index (χ4n) is 3.30. The van der Waals surface area contributed by atoms with E-state index < -0.39 is 5.97 Å². The summed E-state index contributed by atoms with van der Waals surface area (Å²) in [6.07, 6.45) is 18.6. The van der Waals surface area contributed by atoms with E-state index in [0.717, 1.165) is 18.4 Å². The first-order valence-electron chi connectivity index (χ1n) is 11.1. The highest BCUT2D eigenvalue weighted by Gasteiger charge is 2.09. The van der Waals surface area contributed by atoms with E-state index in [2.05, 4.69) is 25.1 Å². The summed E-state index contributed by atoms with van der Waals surface area (Å²) >= 11 is 1.69. The third-order valence-corrected chi connectivity index (χ3v) is 6.16. The number of aliphatic carboxylic acids is 1. The van der Waals surface area contributed by atoms with Crippen LogP contribution in [0, 0.1) is 11.3 Å². The van der Waals surface area contributed by atoms with Crippen LogP contribution in [0.1, 0.15) is 88.7 Å². The average Bonchev–Trinajstić information content (AvgIpc) is 2.71. The van der Waals surface area contributed by atoms with Gasteiger partial charge in [-0.1, -0.05) is 82.6 Å². The van der Waals surface area contributed by atoms with Gasteiger partial charge in [-0.05, 0) is 37.0 Å². The van der Waals surface area contributed by atoms with Crippen LogP contribution in [0.25, 0.3) is 0 Å². The van der Waals surface area contributed by atoms with Crippen molar-refractivity contribution in [1.82, 2.24) is 0 Å². The number of carboxylic acids is 1. The molecule has 1 N–H and O–H groups in total. The highest BCUT2D eigenvalue weighted by molar-refractivity contribution is 8.00. The Labute approximate surface area is 181 Å². The van der Waals surface area contributed by atoms with Gasteiger partial charge in [0.05, 0.1) is 18.1 Å². The lowest BCUT2D eigenvalue weighted by atomic mass is 10.1. The van der Waals surface area contributed by atoms with Gasteiger partial charge in [0.15, 0.2) is 0 Å². The highest BCUT2D eigenvalue weighted by Crippen LogP contribution is 2.20. The summed E-state index contributed by atoms with van der Waals surface area (Å²) in [5.74, 6) is -0.137. The first-order valence-corrected chi connectivity index (χ1v) is 12.2. The Morgan fingerprint density at radius 1 is 1.14 bits per heavy atom. The predicted octanol–water partition coefficient (Wildman–Crippen LogP) is 7.15. The molecule has 0 bridgehead atoms. The Morgan fingerprint density at radius 2 is 1.83 bits per heavy atom. The third-order valence-electron chi connectivity index (χ3n) is 4.97. The van der Waals surface area contributed by atoms with Crippen molar-refractivity contribution in [3.8, 4) is 6.07 Å². The van der Waals surface area contributed by atoms with Gasteiger partial charge in [0.2, 0.25) is 0 Å². The second kappa shape index (κ2) is 17.2. The quantitative estimate of drug-likeness (QED) is 0.217. The molecule has 160 valence electrons. The van der Waals surface area contributed by atoms with Gasteiger partial charge in [-0.2, -0.15) is 17.0 Å². The molecule has 4 heteroatoms. The summed E-state index contributed by atoms with van der Waals surface area (Å²) in [5.41, 5.74) is 1.81. The lowest BCUT2D eigenvalue weighted by Gasteiger charge is -2.12. The van der Waals surface area contributed by atoms with Gasteiger partial charge in [0.25, 0.3) is 0 Å². The monoisotopic (exact) mass is 415 g/mol. The molecule has 0 aliphatic carbocycles. The van der Waals surface area contributed by atoms with Crippen molar-refractivity contribution in [2.24, 2.45) is 0 Å². The van der Waals surface area contributed by atoms with Gasteiger partial charge >= 0.3 is 5.97 Å². The molecule has 0 amide bonds. The summed E-state index contributed by atoms with van der Waals surface area (Å²) in [5, 5.41) is 18.2. The number of benzene rings is 1. The number of carboxylic acid groups (broad SMARTS) is 1. The molecule has 0 radical (unpaired) electrons. The van der Waals surface area contributed by atoms with Crippen molar-refractivity contribution in [1.29, 1.82) is 5.26 Å². The van der Waals surface area contributed by atoms with E-state index in [1.54, 1.807) is 11.8 Å². The van der Waals surface area contributed by atoms with Gasteiger partial charge in [-0.25, -0.2) is 0 Å². The molecule has 1 unspecified atom stereocenters. The van der Waals surface area contributed by atoms with Crippen LogP contribution in [0.2, 0.25) is 0 Å². The standard InChI is InChI=1S/C25H37NO2S/c1-2-3-4-5-6-7-8-9-10-11-12-16-24(29-18-17-25(27)28)20-22-14-13-15-23(19-22)21-26/h12-16,19,24H,2-11,17-18,20H2,1H3,(H,27,28). The first kappa shape index (κ1) is 25.3. The lowest BCUT2D eigenvalue weighted by Crippen LogP contribution is -2.07. The zero-order valence-electron chi connectivity index (χ0n) is 17.9. The highest BCUT2D eigenvalue weighted by atomic mass is 32.2. The molecule has 0 heterocycles. The Balaban J connectivity index is 2.34. The molecule has 29 heavy (non-hydrogen) atoms. The second-order valence-electron chi connectivity index (χ2n) is 7.61. The van der Waals surface area contributed by atoms with Crippen molar-refractivity contribution in [3.63, 3.8) is 0 Å². The summed E-state index contributed by atoms with van der Waals surface area (Å²) in [6.45, 7) is 2.26. The molecule has 0 aromatic heterocycles. The molecular weight excluding hydrogens is 378 g/mol. The minimum atomic E-state index is -0.749. The molecule has 0 saturated heterocycles. The first-order chi connectivity index (χ1) is 14.2. The van der Waals surface area contributed by atoms with Gasteiger partial charge in [0, 0.05) is 11.0 Å². The molecule has 0 saturated carbocycles. The lowest BCUT2D eigenvalue weighted by molar-refractivity contribution is -0.136. The molecule has 1 aromatic carbocycles. The molecule has 0 fully saturated rings. The van der Waals surface area contributed by atoms with E-state index in [4.69, 9.17) is 10.4 Å². The number of hydrogen-bond donors (Lipinski definition) is 1. The zero-order valence-corrected chi connectivity index (χ0v) is 18.8. The van der Waals surface area contributed by atoms with E-state index in [-0.39, 0.29) is 11.7 Å². The van der Waals surface area contributed by atoms with Crippen LogP contribution in [-0.4, -0.2) is 22.1 Å². The van der Waals surface area contributed by atoms with Crippen LogP contribution in [0.4, 0.5) is 0 Å². The number of hydrogen-bond acceptors (Lipinski definition) is 3. The van der Waals surface area contributed by atoms with Crippen LogP contribution >= 0.6 is 11.8 Å². The topological polar surface area (TPSA) is 61.1 Å². The van der Waals surface area contributed by atoms with E-state index in [1.165, 1.54) is 57.8 Å². The maximum absolute atomic E-state index is 10.8. The molecule has 0 spiro atoms. The average molecular weight is 416 g/mol. The summed E-state index contributed by atoms with van der Waals surface area (Å²) in [7, 11) is 0. The summed E-state index contributed by atoms with van der Waals surface area (Å²) in [6, 6.07) is 9.89. The third kappa shape index (κ3) is 14.0. The van der Waals surface area contributed by atoms with Crippen LogP contribution in [0.15, 0.2) is 36.4 Å². The largest absolute Gasteiger partial charge is 0.481 e. The molecule has 0 aliphatic heterocycles. The minimum Gasteiger partial charge on any atom is -0.481 e. The predicted molar refractivity (Wildman–Crippen MR) is 124 cm³/mol. The van der Waals surface area contributed by atoms with E-state index in [1.807, 2.05) is 24.3 Å². The van der Waals surface area contributed by atoms with Crippen molar-refractivity contribution in [2.75, 3.05) is 5.75 Å². The fourth-order valence-corrected chi connectivity index (χ4v) is 4.43. The molecule has 1 rings (SSSR count). The van der Waals surface area contributed by atoms with Crippen LogP contribution < -0.4 is 0 Å². The van der Waals surface area contributed by atoms with Gasteiger partial charge in [-0.15, -0.1) is 0 Å². The van der Waals surface area contributed by atoms with E-state index in [0.29, 0.717) is 11.3 Å². The molecule has 1 aromatic rings. The number of rotatable bonds is 17. The normalized spacial score (nSPS) is 12.1. The number of unbranched alkanes of at least 4 members (excludes halogenated alkanes) is 9. The Bertz CT molecular complexity index is 636. The maximum atomic E-state index is 10.8. The summed E-state index contributed by atoms with van der Waals surface area (Å²) < 4.78 is 0. The van der Waals surface area contributed by atoms with Crippen LogP contribution in [0.3, 0.4) is 0 Å². The number of thioether (sulfide) groups is 1. The minimum absolute atomic E-state index is 0.186. The summed E-state index contributed by atoms with van der Waals surface area (Å²) in [4.78, 5) is 10.8. The van der Waals surface area contributed by atoms with E-state index >= 15 is 0 Å². The maximum Gasteiger partial charge on any atom is 0.304 e. The number of allylic oxidation sites excluding steroid dienone is 1. The number of nitriles is 1. The number of nitrogens with zero attached hydrogens (tertiary/aromatic N) is 1. The Hall–Kier alpha value is -1.73. The molecular formula is C25H37NO2S. The molecule has 1 atom stereocenters. The van der Waals surface area contributed by atoms with Crippen LogP contribution in [0.5, 0.6) is 0 Å². The van der Waals surface area contributed by atoms with Gasteiger partial charge < -0.3 is 5.11 Å².